The van der Waals surface area contributed by atoms with Gasteiger partial charge in [0.1, 0.15) is 0 Å². The van der Waals surface area contributed by atoms with E-state index >= 15 is 0 Å². The Kier molecular flexibility index (Phi) is 4.24. The predicted molar refractivity (Wildman–Crippen MR) is 65.6 cm³/mol. The Morgan fingerprint density at radius 1 is 1.44 bits per heavy atom. The molecule has 2 aliphatic carbocycles. The van der Waals surface area contributed by atoms with Crippen LogP contribution >= 0.6 is 12.4 Å². The first-order valence-electron chi connectivity index (χ1n) is 6.03. The third kappa shape index (κ3) is 2.35. The summed E-state index contributed by atoms with van der Waals surface area (Å²) in [6, 6.07) is 0. The molecule has 2 aliphatic rings. The number of carboxylic acids is 1. The van der Waals surface area contributed by atoms with Gasteiger partial charge in [0, 0.05) is 5.54 Å². The molecule has 0 amide bonds. The Bertz CT molecular complexity index is 272. The Balaban J connectivity index is 0.00000128. The minimum absolute atomic E-state index is 0. The molecule has 16 heavy (non-hydrogen) atoms. The van der Waals surface area contributed by atoms with Crippen molar-refractivity contribution in [2.45, 2.75) is 51.0 Å². The van der Waals surface area contributed by atoms with Gasteiger partial charge in [0.15, 0.2) is 0 Å². The summed E-state index contributed by atoms with van der Waals surface area (Å²) in [5.41, 5.74) is 5.84. The highest BCUT2D eigenvalue weighted by Gasteiger charge is 2.49. The molecule has 2 fully saturated rings. The fourth-order valence-electron chi connectivity index (χ4n) is 3.76. The van der Waals surface area contributed by atoms with Crippen LogP contribution in [0, 0.1) is 17.8 Å². The molecule has 0 aliphatic heterocycles. The lowest BCUT2D eigenvalue weighted by molar-refractivity contribution is -0.138. The molecule has 2 saturated carbocycles. The Morgan fingerprint density at radius 2 is 2.06 bits per heavy atom. The van der Waals surface area contributed by atoms with Crippen molar-refractivity contribution in [3.05, 3.63) is 0 Å². The van der Waals surface area contributed by atoms with Crippen LogP contribution in [0.25, 0.3) is 0 Å². The van der Waals surface area contributed by atoms with E-state index in [1.807, 2.05) is 0 Å². The van der Waals surface area contributed by atoms with Crippen LogP contribution < -0.4 is 5.73 Å². The lowest BCUT2D eigenvalue weighted by Crippen LogP contribution is -2.45. The first-order chi connectivity index (χ1) is 7.03. The molecule has 0 radical (unpaired) electrons. The molecule has 0 aromatic rings. The summed E-state index contributed by atoms with van der Waals surface area (Å²) < 4.78 is 0. The second-order valence-electron chi connectivity index (χ2n) is 5.50. The van der Waals surface area contributed by atoms with E-state index in [0.717, 1.165) is 6.42 Å². The minimum atomic E-state index is -0.747. The SMILES string of the molecule is CC1C2CCCCC2CC1(N)CC(=O)O.Cl. The van der Waals surface area contributed by atoms with Crippen LogP contribution in [-0.4, -0.2) is 16.6 Å². The van der Waals surface area contributed by atoms with Gasteiger partial charge in [0.25, 0.3) is 0 Å². The lowest BCUT2D eigenvalue weighted by Gasteiger charge is -2.31. The zero-order valence-electron chi connectivity index (χ0n) is 9.82. The van der Waals surface area contributed by atoms with Crippen molar-refractivity contribution < 1.29 is 9.90 Å². The molecule has 94 valence electrons. The molecule has 3 nitrogen and oxygen atoms in total. The zero-order valence-corrected chi connectivity index (χ0v) is 10.6. The van der Waals surface area contributed by atoms with E-state index in [2.05, 4.69) is 6.92 Å². The third-order valence-electron chi connectivity index (χ3n) is 4.64. The molecular formula is C12H22ClNO2. The first kappa shape index (κ1) is 13.8. The Morgan fingerprint density at radius 3 is 2.62 bits per heavy atom. The predicted octanol–water partition coefficient (Wildman–Crippen LogP) is 2.43. The van der Waals surface area contributed by atoms with E-state index in [-0.39, 0.29) is 18.8 Å². The van der Waals surface area contributed by atoms with Gasteiger partial charge in [-0.25, -0.2) is 0 Å². The average Bonchev–Trinajstić information content (AvgIpc) is 2.39. The van der Waals surface area contributed by atoms with Gasteiger partial charge in [-0.2, -0.15) is 0 Å². The van der Waals surface area contributed by atoms with Crippen LogP contribution in [0.2, 0.25) is 0 Å². The van der Waals surface area contributed by atoms with Crippen LogP contribution in [0.3, 0.4) is 0 Å². The second-order valence-corrected chi connectivity index (χ2v) is 5.50. The highest BCUT2D eigenvalue weighted by molar-refractivity contribution is 5.85. The molecule has 0 spiro atoms. The molecule has 3 N–H and O–H groups in total. The molecule has 0 bridgehead atoms. The summed E-state index contributed by atoms with van der Waals surface area (Å²) in [7, 11) is 0. The molecule has 2 rings (SSSR count). The summed E-state index contributed by atoms with van der Waals surface area (Å²) in [5, 5.41) is 8.91. The van der Waals surface area contributed by atoms with E-state index in [9.17, 15) is 4.79 Å². The first-order valence-corrected chi connectivity index (χ1v) is 6.03. The Labute approximate surface area is 103 Å². The Hall–Kier alpha value is -0.280. The van der Waals surface area contributed by atoms with Crippen LogP contribution in [0.5, 0.6) is 0 Å². The number of aliphatic carboxylic acids is 1. The van der Waals surface area contributed by atoms with E-state index in [1.54, 1.807) is 0 Å². The van der Waals surface area contributed by atoms with E-state index < -0.39 is 11.5 Å². The maximum absolute atomic E-state index is 10.8. The highest BCUT2D eigenvalue weighted by Crippen LogP contribution is 2.50. The van der Waals surface area contributed by atoms with Crippen LogP contribution in [-0.2, 0) is 4.79 Å². The van der Waals surface area contributed by atoms with Crippen LogP contribution in [0.15, 0.2) is 0 Å². The monoisotopic (exact) mass is 247 g/mol. The molecule has 4 unspecified atom stereocenters. The van der Waals surface area contributed by atoms with Crippen molar-refractivity contribution in [3.63, 3.8) is 0 Å². The van der Waals surface area contributed by atoms with Crippen molar-refractivity contribution in [1.29, 1.82) is 0 Å². The topological polar surface area (TPSA) is 63.3 Å². The molecule has 4 atom stereocenters. The standard InChI is InChI=1S/C12H21NO2.ClH/c1-8-10-5-3-2-4-9(10)6-12(8,13)7-11(14)15;/h8-10H,2-7,13H2,1H3,(H,14,15);1H. The van der Waals surface area contributed by atoms with E-state index in [4.69, 9.17) is 10.8 Å². The maximum Gasteiger partial charge on any atom is 0.305 e. The summed E-state index contributed by atoms with van der Waals surface area (Å²) in [5.74, 6) is 1.00. The van der Waals surface area contributed by atoms with Crippen molar-refractivity contribution in [3.8, 4) is 0 Å². The van der Waals surface area contributed by atoms with Gasteiger partial charge in [-0.05, 0) is 30.6 Å². The van der Waals surface area contributed by atoms with Crippen molar-refractivity contribution in [2.75, 3.05) is 0 Å². The van der Waals surface area contributed by atoms with Gasteiger partial charge < -0.3 is 10.8 Å². The number of fused-ring (bicyclic) bond motifs is 1. The lowest BCUT2D eigenvalue weighted by atomic mass is 9.77. The molecule has 4 heteroatoms. The molecule has 0 heterocycles. The maximum atomic E-state index is 10.8. The molecule has 0 saturated heterocycles. The number of carboxylic acid groups (broad SMARTS) is 1. The summed E-state index contributed by atoms with van der Waals surface area (Å²) in [4.78, 5) is 10.8. The summed E-state index contributed by atoms with van der Waals surface area (Å²) in [6.07, 6.45) is 6.18. The largest absolute Gasteiger partial charge is 0.481 e. The van der Waals surface area contributed by atoms with Crippen LogP contribution in [0.1, 0.15) is 45.4 Å². The number of hydrogen-bond donors (Lipinski definition) is 2. The number of rotatable bonds is 2. The highest BCUT2D eigenvalue weighted by atomic mass is 35.5. The van der Waals surface area contributed by atoms with Gasteiger partial charge in [0.2, 0.25) is 0 Å². The molecule has 0 aromatic heterocycles. The smallest absolute Gasteiger partial charge is 0.305 e. The fraction of sp³-hybridized carbons (Fsp3) is 0.917. The van der Waals surface area contributed by atoms with Crippen molar-refractivity contribution >= 4 is 18.4 Å². The normalized spacial score (nSPS) is 42.2. The van der Waals surface area contributed by atoms with E-state index in [0.29, 0.717) is 17.8 Å². The molecular weight excluding hydrogens is 226 g/mol. The van der Waals surface area contributed by atoms with E-state index in [1.165, 1.54) is 25.7 Å². The van der Waals surface area contributed by atoms with Gasteiger partial charge >= 0.3 is 5.97 Å². The zero-order chi connectivity index (χ0) is 11.1. The number of hydrogen-bond acceptors (Lipinski definition) is 2. The average molecular weight is 248 g/mol. The minimum Gasteiger partial charge on any atom is -0.481 e. The van der Waals surface area contributed by atoms with Gasteiger partial charge in [-0.1, -0.05) is 26.2 Å². The fourth-order valence-corrected chi connectivity index (χ4v) is 3.76. The number of nitrogens with two attached hydrogens (primary N) is 1. The summed E-state index contributed by atoms with van der Waals surface area (Å²) >= 11 is 0. The van der Waals surface area contributed by atoms with Crippen molar-refractivity contribution in [2.24, 2.45) is 23.5 Å². The second kappa shape index (κ2) is 4.92. The van der Waals surface area contributed by atoms with Gasteiger partial charge in [0.05, 0.1) is 6.42 Å². The van der Waals surface area contributed by atoms with Crippen molar-refractivity contribution in [1.82, 2.24) is 0 Å². The number of carbonyl (C=O) groups is 1. The van der Waals surface area contributed by atoms with Gasteiger partial charge in [-0.15, -0.1) is 12.4 Å². The third-order valence-corrected chi connectivity index (χ3v) is 4.64. The quantitative estimate of drug-likeness (QED) is 0.788. The van der Waals surface area contributed by atoms with Crippen LogP contribution in [0.4, 0.5) is 0 Å². The van der Waals surface area contributed by atoms with Gasteiger partial charge in [-0.3, -0.25) is 4.79 Å². The summed E-state index contributed by atoms with van der Waals surface area (Å²) in [6.45, 7) is 2.15. The molecule has 0 aromatic carbocycles. The number of halogens is 1.